The Kier molecular flexibility index (Phi) is 5.39. The number of nitrogens with zero attached hydrogens (tertiary/aromatic N) is 1. The van der Waals surface area contributed by atoms with E-state index < -0.39 is 0 Å². The van der Waals surface area contributed by atoms with Gasteiger partial charge in [-0.3, -0.25) is 9.78 Å². The monoisotopic (exact) mass is 334 g/mol. The van der Waals surface area contributed by atoms with E-state index in [0.717, 1.165) is 11.3 Å². The van der Waals surface area contributed by atoms with Crippen LogP contribution in [0.4, 0.5) is 0 Å². The van der Waals surface area contributed by atoms with Crippen LogP contribution in [0, 0.1) is 0 Å². The van der Waals surface area contributed by atoms with E-state index in [1.807, 2.05) is 54.6 Å². The second kappa shape index (κ2) is 8.08. The fourth-order valence-electron chi connectivity index (χ4n) is 2.33. The number of aromatic nitrogens is 1. The van der Waals surface area contributed by atoms with Gasteiger partial charge in [0.25, 0.3) is 5.91 Å². The van der Waals surface area contributed by atoms with E-state index in [1.165, 1.54) is 6.20 Å². The van der Waals surface area contributed by atoms with Gasteiger partial charge < -0.3 is 15.2 Å². The molecule has 1 amide bonds. The molecule has 1 aromatic heterocycles. The number of carbonyl (C=O) groups is 1. The summed E-state index contributed by atoms with van der Waals surface area (Å²) in [5.74, 6) is 1.26. The molecule has 0 unspecified atom stereocenters. The van der Waals surface area contributed by atoms with Crippen molar-refractivity contribution in [3.63, 3.8) is 0 Å². The molecule has 0 aliphatic rings. The van der Waals surface area contributed by atoms with E-state index in [1.54, 1.807) is 12.1 Å². The Morgan fingerprint density at radius 1 is 1.00 bits per heavy atom. The summed E-state index contributed by atoms with van der Waals surface area (Å²) in [6.07, 6.45) is 1.51. The Labute approximate surface area is 145 Å². The highest BCUT2D eigenvalue weighted by Crippen LogP contribution is 2.21. The van der Waals surface area contributed by atoms with Crippen LogP contribution in [0.1, 0.15) is 21.6 Å². The number of pyridine rings is 1. The fourth-order valence-corrected chi connectivity index (χ4v) is 2.33. The van der Waals surface area contributed by atoms with E-state index in [-0.39, 0.29) is 12.5 Å². The number of aliphatic hydroxyl groups excluding tert-OH is 1. The smallest absolute Gasteiger partial charge is 0.251 e. The van der Waals surface area contributed by atoms with Crippen LogP contribution < -0.4 is 10.1 Å². The van der Waals surface area contributed by atoms with Gasteiger partial charge in [0, 0.05) is 18.3 Å². The summed E-state index contributed by atoms with van der Waals surface area (Å²) in [6.45, 7) is 0.182. The van der Waals surface area contributed by atoms with Crippen LogP contribution >= 0.6 is 0 Å². The Morgan fingerprint density at radius 3 is 2.60 bits per heavy atom. The summed E-state index contributed by atoms with van der Waals surface area (Å²) in [4.78, 5) is 16.2. The largest absolute Gasteiger partial charge is 0.457 e. The van der Waals surface area contributed by atoms with Crippen molar-refractivity contribution >= 4 is 5.91 Å². The number of benzene rings is 2. The Morgan fingerprint density at radius 2 is 1.80 bits per heavy atom. The number of carbonyl (C=O) groups excluding carboxylic acids is 1. The Bertz CT molecular complexity index is 850. The predicted molar refractivity (Wildman–Crippen MR) is 94.3 cm³/mol. The highest BCUT2D eigenvalue weighted by molar-refractivity contribution is 5.94. The summed E-state index contributed by atoms with van der Waals surface area (Å²) >= 11 is 0. The minimum Gasteiger partial charge on any atom is -0.457 e. The zero-order valence-electron chi connectivity index (χ0n) is 13.6. The zero-order chi connectivity index (χ0) is 17.5. The van der Waals surface area contributed by atoms with Crippen molar-refractivity contribution in [3.05, 3.63) is 89.7 Å². The molecule has 0 bridgehead atoms. The second-order valence-electron chi connectivity index (χ2n) is 5.44. The molecule has 3 aromatic rings. The van der Waals surface area contributed by atoms with Crippen molar-refractivity contribution in [1.29, 1.82) is 0 Å². The molecule has 0 aliphatic heterocycles. The van der Waals surface area contributed by atoms with E-state index in [0.29, 0.717) is 23.6 Å². The van der Waals surface area contributed by atoms with Gasteiger partial charge in [-0.25, -0.2) is 0 Å². The standard InChI is InChI=1S/C20H18N2O3/c23-14-17-12-16(9-10-21-17)20(24)22-13-15-5-4-8-19(11-15)25-18-6-2-1-3-7-18/h1-12,23H,13-14H2,(H,22,24). The van der Waals surface area contributed by atoms with E-state index in [9.17, 15) is 4.79 Å². The first kappa shape index (κ1) is 16.7. The molecule has 0 spiro atoms. The van der Waals surface area contributed by atoms with Gasteiger partial charge in [0.05, 0.1) is 12.3 Å². The van der Waals surface area contributed by atoms with Crippen molar-refractivity contribution in [2.45, 2.75) is 13.2 Å². The molecule has 3 rings (SSSR count). The molecule has 25 heavy (non-hydrogen) atoms. The molecule has 0 fully saturated rings. The first-order chi connectivity index (χ1) is 12.2. The molecule has 0 atom stereocenters. The van der Waals surface area contributed by atoms with Gasteiger partial charge in [0.1, 0.15) is 11.5 Å². The number of amides is 1. The first-order valence-electron chi connectivity index (χ1n) is 7.90. The van der Waals surface area contributed by atoms with Crippen molar-refractivity contribution < 1.29 is 14.6 Å². The van der Waals surface area contributed by atoms with E-state index in [2.05, 4.69) is 10.3 Å². The van der Waals surface area contributed by atoms with Gasteiger partial charge >= 0.3 is 0 Å². The van der Waals surface area contributed by atoms with Crippen molar-refractivity contribution in [2.75, 3.05) is 0 Å². The molecule has 0 saturated carbocycles. The molecule has 0 aliphatic carbocycles. The molecular weight excluding hydrogens is 316 g/mol. The summed E-state index contributed by atoms with van der Waals surface area (Å²) in [7, 11) is 0. The number of aliphatic hydroxyl groups is 1. The van der Waals surface area contributed by atoms with Crippen LogP contribution in [0.15, 0.2) is 72.9 Å². The quantitative estimate of drug-likeness (QED) is 0.725. The average molecular weight is 334 g/mol. The Hall–Kier alpha value is -3.18. The number of hydrogen-bond donors (Lipinski definition) is 2. The molecule has 0 saturated heterocycles. The number of nitrogens with one attached hydrogen (secondary N) is 1. The zero-order valence-corrected chi connectivity index (χ0v) is 13.6. The van der Waals surface area contributed by atoms with Gasteiger partial charge in [-0.2, -0.15) is 0 Å². The summed E-state index contributed by atoms with van der Waals surface area (Å²) in [5.41, 5.74) is 1.86. The lowest BCUT2D eigenvalue weighted by Gasteiger charge is -2.09. The van der Waals surface area contributed by atoms with Crippen LogP contribution in [-0.4, -0.2) is 16.0 Å². The maximum absolute atomic E-state index is 12.2. The highest BCUT2D eigenvalue weighted by Gasteiger charge is 2.07. The lowest BCUT2D eigenvalue weighted by Crippen LogP contribution is -2.23. The highest BCUT2D eigenvalue weighted by atomic mass is 16.5. The van der Waals surface area contributed by atoms with E-state index in [4.69, 9.17) is 9.84 Å². The molecule has 5 heteroatoms. The van der Waals surface area contributed by atoms with Crippen molar-refractivity contribution in [3.8, 4) is 11.5 Å². The second-order valence-corrected chi connectivity index (χ2v) is 5.44. The summed E-state index contributed by atoms with van der Waals surface area (Å²) in [5, 5.41) is 11.9. The minimum absolute atomic E-state index is 0.194. The number of ether oxygens (including phenoxy) is 1. The molecular formula is C20H18N2O3. The molecule has 2 aromatic carbocycles. The van der Waals surface area contributed by atoms with Gasteiger partial charge in [-0.05, 0) is 42.0 Å². The van der Waals surface area contributed by atoms with Gasteiger partial charge in [-0.15, -0.1) is 0 Å². The van der Waals surface area contributed by atoms with Crippen molar-refractivity contribution in [1.82, 2.24) is 10.3 Å². The maximum atomic E-state index is 12.2. The molecule has 126 valence electrons. The normalized spacial score (nSPS) is 10.3. The maximum Gasteiger partial charge on any atom is 0.251 e. The molecule has 5 nitrogen and oxygen atoms in total. The van der Waals surface area contributed by atoms with Gasteiger partial charge in [-0.1, -0.05) is 30.3 Å². The third-order valence-electron chi connectivity index (χ3n) is 3.57. The van der Waals surface area contributed by atoms with E-state index >= 15 is 0 Å². The third kappa shape index (κ3) is 4.65. The Balaban J connectivity index is 1.63. The fraction of sp³-hybridized carbons (Fsp3) is 0.100. The topological polar surface area (TPSA) is 71.5 Å². The lowest BCUT2D eigenvalue weighted by atomic mass is 10.2. The average Bonchev–Trinajstić information content (AvgIpc) is 2.67. The summed E-state index contributed by atoms with van der Waals surface area (Å²) < 4.78 is 5.79. The van der Waals surface area contributed by atoms with Gasteiger partial charge in [0.15, 0.2) is 0 Å². The number of para-hydroxylation sites is 1. The molecule has 2 N–H and O–H groups in total. The van der Waals surface area contributed by atoms with Crippen LogP contribution in [0.5, 0.6) is 11.5 Å². The lowest BCUT2D eigenvalue weighted by molar-refractivity contribution is 0.0950. The SMILES string of the molecule is O=C(NCc1cccc(Oc2ccccc2)c1)c1ccnc(CO)c1. The molecule has 0 radical (unpaired) electrons. The van der Waals surface area contributed by atoms with Gasteiger partial charge in [0.2, 0.25) is 0 Å². The first-order valence-corrected chi connectivity index (χ1v) is 7.90. The van der Waals surface area contributed by atoms with Crippen LogP contribution in [0.3, 0.4) is 0 Å². The van der Waals surface area contributed by atoms with Crippen LogP contribution in [0.2, 0.25) is 0 Å². The minimum atomic E-state index is -0.216. The number of rotatable bonds is 6. The van der Waals surface area contributed by atoms with Crippen molar-refractivity contribution in [2.24, 2.45) is 0 Å². The predicted octanol–water partition coefficient (Wildman–Crippen LogP) is 3.30. The summed E-state index contributed by atoms with van der Waals surface area (Å²) in [6, 6.07) is 20.3. The molecule has 1 heterocycles. The van der Waals surface area contributed by atoms with Crippen LogP contribution in [0.25, 0.3) is 0 Å². The van der Waals surface area contributed by atoms with Crippen LogP contribution in [-0.2, 0) is 13.2 Å². The third-order valence-corrected chi connectivity index (χ3v) is 3.57. The number of hydrogen-bond acceptors (Lipinski definition) is 4.